The van der Waals surface area contributed by atoms with Crippen molar-refractivity contribution < 1.29 is 5.11 Å². The monoisotopic (exact) mass is 241 g/mol. The average Bonchev–Trinajstić information content (AvgIpc) is 2.63. The van der Waals surface area contributed by atoms with Crippen LogP contribution >= 0.6 is 0 Å². The molecule has 6 heteroatoms. The molecular formula is C11H23N5O. The van der Waals surface area contributed by atoms with E-state index in [2.05, 4.69) is 34.3 Å². The van der Waals surface area contributed by atoms with Crippen LogP contribution < -0.4 is 0 Å². The number of hydrogen-bond donors (Lipinski definition) is 1. The van der Waals surface area contributed by atoms with Crippen LogP contribution in [0.4, 0.5) is 0 Å². The summed E-state index contributed by atoms with van der Waals surface area (Å²) in [6.07, 6.45) is 1.01. The highest BCUT2D eigenvalue weighted by atomic mass is 16.3. The van der Waals surface area contributed by atoms with Gasteiger partial charge in [-0.15, -0.1) is 5.10 Å². The molecule has 1 heterocycles. The summed E-state index contributed by atoms with van der Waals surface area (Å²) in [7, 11) is 0. The first-order valence-corrected chi connectivity index (χ1v) is 6.16. The van der Waals surface area contributed by atoms with Crippen molar-refractivity contribution in [1.82, 2.24) is 25.1 Å². The van der Waals surface area contributed by atoms with Crippen LogP contribution in [0.2, 0.25) is 0 Å². The molecule has 0 bridgehead atoms. The van der Waals surface area contributed by atoms with Gasteiger partial charge in [-0.2, -0.15) is 0 Å². The van der Waals surface area contributed by atoms with Gasteiger partial charge in [0.25, 0.3) is 0 Å². The first-order valence-electron chi connectivity index (χ1n) is 6.16. The number of likely N-dealkylation sites (N-methyl/N-ethyl adjacent to an activating group) is 1. The van der Waals surface area contributed by atoms with Crippen LogP contribution in [0, 0.1) is 0 Å². The summed E-state index contributed by atoms with van der Waals surface area (Å²) in [6.45, 7) is 10.8. The standard InChI is InChI=1S/C11H23N5O/c1-5-7-16-10(12-13-14-16)8-15(6-2)9-11(3,4)17/h17H,5-9H2,1-4H3. The van der Waals surface area contributed by atoms with Gasteiger partial charge in [0.1, 0.15) is 0 Å². The maximum atomic E-state index is 9.82. The summed E-state index contributed by atoms with van der Waals surface area (Å²) in [5.41, 5.74) is -0.695. The zero-order valence-corrected chi connectivity index (χ0v) is 11.2. The number of aromatic nitrogens is 4. The molecule has 0 aliphatic carbocycles. The molecule has 1 aromatic heterocycles. The van der Waals surface area contributed by atoms with Crippen LogP contribution in [0.15, 0.2) is 0 Å². The van der Waals surface area contributed by atoms with Gasteiger partial charge in [-0.25, -0.2) is 4.68 Å². The Balaban J connectivity index is 2.63. The Morgan fingerprint density at radius 3 is 2.59 bits per heavy atom. The fourth-order valence-electron chi connectivity index (χ4n) is 1.75. The van der Waals surface area contributed by atoms with E-state index in [1.807, 2.05) is 18.5 Å². The summed E-state index contributed by atoms with van der Waals surface area (Å²) >= 11 is 0. The van der Waals surface area contributed by atoms with Gasteiger partial charge in [0.15, 0.2) is 5.82 Å². The lowest BCUT2D eigenvalue weighted by Crippen LogP contribution is -2.38. The highest BCUT2D eigenvalue weighted by Crippen LogP contribution is 2.08. The molecule has 0 saturated carbocycles. The summed E-state index contributed by atoms with van der Waals surface area (Å²) in [5.74, 6) is 0.859. The second kappa shape index (κ2) is 6.07. The molecule has 1 aromatic rings. The van der Waals surface area contributed by atoms with E-state index in [4.69, 9.17) is 0 Å². The lowest BCUT2D eigenvalue weighted by molar-refractivity contribution is 0.0341. The largest absolute Gasteiger partial charge is 0.389 e. The highest BCUT2D eigenvalue weighted by Gasteiger charge is 2.19. The van der Waals surface area contributed by atoms with E-state index in [-0.39, 0.29) is 0 Å². The van der Waals surface area contributed by atoms with Gasteiger partial charge in [0.05, 0.1) is 12.1 Å². The van der Waals surface area contributed by atoms with Gasteiger partial charge in [-0.1, -0.05) is 13.8 Å². The van der Waals surface area contributed by atoms with Gasteiger partial charge in [0.2, 0.25) is 0 Å². The van der Waals surface area contributed by atoms with Crippen molar-refractivity contribution in [3.8, 4) is 0 Å². The molecular weight excluding hydrogens is 218 g/mol. The van der Waals surface area contributed by atoms with Gasteiger partial charge in [-0.3, -0.25) is 4.90 Å². The molecule has 0 aliphatic rings. The van der Waals surface area contributed by atoms with Crippen molar-refractivity contribution >= 4 is 0 Å². The number of rotatable bonds is 7. The summed E-state index contributed by atoms with van der Waals surface area (Å²) in [5, 5.41) is 21.5. The molecule has 0 fully saturated rings. The maximum Gasteiger partial charge on any atom is 0.165 e. The second-order valence-electron chi connectivity index (χ2n) is 4.93. The third-order valence-electron chi connectivity index (χ3n) is 2.46. The zero-order valence-electron chi connectivity index (χ0n) is 11.2. The van der Waals surface area contributed by atoms with E-state index in [0.717, 1.165) is 25.3 Å². The number of nitrogens with zero attached hydrogens (tertiary/aromatic N) is 5. The molecule has 0 aliphatic heterocycles. The molecule has 0 atom stereocenters. The van der Waals surface area contributed by atoms with E-state index >= 15 is 0 Å². The number of aryl methyl sites for hydroxylation is 1. The first-order chi connectivity index (χ1) is 7.96. The Kier molecular flexibility index (Phi) is 5.02. The molecule has 98 valence electrons. The summed E-state index contributed by atoms with van der Waals surface area (Å²) < 4.78 is 1.83. The van der Waals surface area contributed by atoms with E-state index in [1.54, 1.807) is 0 Å². The molecule has 0 aromatic carbocycles. The smallest absolute Gasteiger partial charge is 0.165 e. The Morgan fingerprint density at radius 1 is 1.35 bits per heavy atom. The van der Waals surface area contributed by atoms with Crippen LogP contribution in [0.5, 0.6) is 0 Å². The van der Waals surface area contributed by atoms with Gasteiger partial charge >= 0.3 is 0 Å². The Labute approximate surface area is 103 Å². The molecule has 0 unspecified atom stereocenters. The van der Waals surface area contributed by atoms with E-state index in [1.165, 1.54) is 0 Å². The van der Waals surface area contributed by atoms with Crippen molar-refractivity contribution in [2.24, 2.45) is 0 Å². The second-order valence-corrected chi connectivity index (χ2v) is 4.93. The topological polar surface area (TPSA) is 67.1 Å². The fraction of sp³-hybridized carbons (Fsp3) is 0.909. The third kappa shape index (κ3) is 4.79. The quantitative estimate of drug-likeness (QED) is 0.760. The molecule has 17 heavy (non-hydrogen) atoms. The minimum atomic E-state index is -0.695. The molecule has 1 rings (SSSR count). The Hall–Kier alpha value is -1.01. The van der Waals surface area contributed by atoms with Gasteiger partial charge in [0, 0.05) is 13.1 Å². The zero-order chi connectivity index (χ0) is 12.9. The highest BCUT2D eigenvalue weighted by molar-refractivity contribution is 4.83. The van der Waals surface area contributed by atoms with E-state index in [9.17, 15) is 5.11 Å². The summed E-state index contributed by atoms with van der Waals surface area (Å²) in [6, 6.07) is 0. The summed E-state index contributed by atoms with van der Waals surface area (Å²) in [4.78, 5) is 2.14. The molecule has 6 nitrogen and oxygen atoms in total. The average molecular weight is 241 g/mol. The predicted molar refractivity (Wildman–Crippen MR) is 65.4 cm³/mol. The van der Waals surface area contributed by atoms with E-state index < -0.39 is 5.60 Å². The molecule has 0 radical (unpaired) electrons. The lowest BCUT2D eigenvalue weighted by Gasteiger charge is -2.27. The fourth-order valence-corrected chi connectivity index (χ4v) is 1.75. The van der Waals surface area contributed by atoms with Crippen molar-refractivity contribution in [2.45, 2.75) is 52.8 Å². The maximum absolute atomic E-state index is 9.82. The van der Waals surface area contributed by atoms with E-state index in [0.29, 0.717) is 13.1 Å². The van der Waals surface area contributed by atoms with Gasteiger partial charge in [-0.05, 0) is 37.2 Å². The van der Waals surface area contributed by atoms with Crippen LogP contribution in [-0.2, 0) is 13.1 Å². The van der Waals surface area contributed by atoms with Crippen molar-refractivity contribution in [3.63, 3.8) is 0 Å². The first kappa shape index (κ1) is 14.1. The number of aliphatic hydroxyl groups is 1. The molecule has 0 amide bonds. The molecule has 1 N–H and O–H groups in total. The Morgan fingerprint density at radius 2 is 2.06 bits per heavy atom. The Bertz CT molecular complexity index is 331. The minimum absolute atomic E-state index is 0.614. The van der Waals surface area contributed by atoms with Gasteiger partial charge < -0.3 is 5.11 Å². The minimum Gasteiger partial charge on any atom is -0.389 e. The number of tetrazole rings is 1. The van der Waals surface area contributed by atoms with Crippen molar-refractivity contribution in [3.05, 3.63) is 5.82 Å². The van der Waals surface area contributed by atoms with Crippen LogP contribution in [0.1, 0.15) is 39.9 Å². The van der Waals surface area contributed by atoms with Crippen LogP contribution in [-0.4, -0.2) is 48.9 Å². The predicted octanol–water partition coefficient (Wildman–Crippen LogP) is 0.676. The third-order valence-corrected chi connectivity index (χ3v) is 2.46. The van der Waals surface area contributed by atoms with Crippen LogP contribution in [0.3, 0.4) is 0 Å². The number of hydrogen-bond acceptors (Lipinski definition) is 5. The molecule has 0 spiro atoms. The molecule has 0 saturated heterocycles. The van der Waals surface area contributed by atoms with Crippen molar-refractivity contribution in [1.29, 1.82) is 0 Å². The normalized spacial score (nSPS) is 12.4. The van der Waals surface area contributed by atoms with Crippen LogP contribution in [0.25, 0.3) is 0 Å². The van der Waals surface area contributed by atoms with Crippen molar-refractivity contribution in [2.75, 3.05) is 13.1 Å². The SMILES string of the molecule is CCCn1nnnc1CN(CC)CC(C)(C)O. The lowest BCUT2D eigenvalue weighted by atomic mass is 10.1.